The summed E-state index contributed by atoms with van der Waals surface area (Å²) in [6, 6.07) is 5.34. The lowest BCUT2D eigenvalue weighted by atomic mass is 10.2. The van der Waals surface area contributed by atoms with Gasteiger partial charge in [-0.1, -0.05) is 13.0 Å². The minimum absolute atomic E-state index is 0.0978. The minimum atomic E-state index is 0.0978. The number of nitrogens with zero attached hydrogens (tertiary/aromatic N) is 1. The summed E-state index contributed by atoms with van der Waals surface area (Å²) >= 11 is 0. The van der Waals surface area contributed by atoms with Crippen molar-refractivity contribution in [3.8, 4) is 0 Å². The summed E-state index contributed by atoms with van der Waals surface area (Å²) in [4.78, 5) is 23.7. The number of Topliss-reactive ketones (excluding diaryl/α,β-unsaturated/α-hetero) is 1. The van der Waals surface area contributed by atoms with Gasteiger partial charge in [0.25, 0.3) is 0 Å². The van der Waals surface area contributed by atoms with Crippen molar-refractivity contribution >= 4 is 12.1 Å². The van der Waals surface area contributed by atoms with E-state index in [2.05, 4.69) is 4.98 Å². The molecule has 0 atom stereocenters. The van der Waals surface area contributed by atoms with Crippen molar-refractivity contribution in [3.63, 3.8) is 0 Å². The first kappa shape index (κ1) is 11.5. The summed E-state index contributed by atoms with van der Waals surface area (Å²) in [5.74, 6) is 0.0978. The SMILES string of the molecule is CC=O.CCC(=O)c1ccccn1. The molecule has 13 heavy (non-hydrogen) atoms. The molecule has 0 fully saturated rings. The third kappa shape index (κ3) is 4.85. The van der Waals surface area contributed by atoms with E-state index in [-0.39, 0.29) is 5.78 Å². The van der Waals surface area contributed by atoms with Gasteiger partial charge in [0.15, 0.2) is 5.78 Å². The predicted molar refractivity (Wildman–Crippen MR) is 50.6 cm³/mol. The van der Waals surface area contributed by atoms with Crippen LogP contribution in [0.2, 0.25) is 0 Å². The molecule has 0 saturated heterocycles. The third-order valence-electron chi connectivity index (χ3n) is 1.27. The van der Waals surface area contributed by atoms with Gasteiger partial charge in [0.2, 0.25) is 0 Å². The molecule has 0 spiro atoms. The second-order valence-corrected chi connectivity index (χ2v) is 2.23. The number of aldehydes is 1. The summed E-state index contributed by atoms with van der Waals surface area (Å²) in [5, 5.41) is 0. The second kappa shape index (κ2) is 7.16. The zero-order chi connectivity index (χ0) is 10.1. The Hall–Kier alpha value is -1.51. The zero-order valence-electron chi connectivity index (χ0n) is 7.86. The van der Waals surface area contributed by atoms with E-state index in [1.165, 1.54) is 6.92 Å². The highest BCUT2D eigenvalue weighted by Crippen LogP contribution is 1.96. The number of aromatic nitrogens is 1. The fourth-order valence-corrected chi connectivity index (χ4v) is 0.709. The largest absolute Gasteiger partial charge is 0.304 e. The van der Waals surface area contributed by atoms with Crippen LogP contribution in [0.15, 0.2) is 24.4 Å². The maximum Gasteiger partial charge on any atom is 0.180 e. The van der Waals surface area contributed by atoms with Crippen molar-refractivity contribution in [2.45, 2.75) is 20.3 Å². The van der Waals surface area contributed by atoms with Gasteiger partial charge in [-0.2, -0.15) is 0 Å². The highest BCUT2D eigenvalue weighted by Gasteiger charge is 2.00. The summed E-state index contributed by atoms with van der Waals surface area (Å²) in [7, 11) is 0. The third-order valence-corrected chi connectivity index (χ3v) is 1.27. The average Bonchev–Trinajstić information content (AvgIpc) is 2.19. The zero-order valence-corrected chi connectivity index (χ0v) is 7.86. The Morgan fingerprint density at radius 2 is 2.15 bits per heavy atom. The van der Waals surface area contributed by atoms with Crippen LogP contribution in [0.1, 0.15) is 30.8 Å². The van der Waals surface area contributed by atoms with E-state index >= 15 is 0 Å². The molecule has 0 N–H and O–H groups in total. The molecule has 1 aromatic rings. The number of carbonyl (C=O) groups is 2. The first-order valence-corrected chi connectivity index (χ1v) is 4.10. The minimum Gasteiger partial charge on any atom is -0.304 e. The van der Waals surface area contributed by atoms with E-state index in [4.69, 9.17) is 4.79 Å². The Labute approximate surface area is 77.8 Å². The lowest BCUT2D eigenvalue weighted by Crippen LogP contribution is -1.98. The van der Waals surface area contributed by atoms with Gasteiger partial charge in [0.1, 0.15) is 12.0 Å². The summed E-state index contributed by atoms with van der Waals surface area (Å²) < 4.78 is 0. The first-order chi connectivity index (χ1) is 6.26. The highest BCUT2D eigenvalue weighted by atomic mass is 16.1. The average molecular weight is 179 g/mol. The summed E-state index contributed by atoms with van der Waals surface area (Å²) in [6.07, 6.45) is 2.90. The summed E-state index contributed by atoms with van der Waals surface area (Å²) in [6.45, 7) is 3.27. The van der Waals surface area contributed by atoms with Gasteiger partial charge in [-0.15, -0.1) is 0 Å². The van der Waals surface area contributed by atoms with Crippen LogP contribution >= 0.6 is 0 Å². The number of carbonyl (C=O) groups excluding carboxylic acids is 2. The number of hydrogen-bond acceptors (Lipinski definition) is 3. The normalized spacial score (nSPS) is 8.15. The Balaban J connectivity index is 0.000000424. The summed E-state index contributed by atoms with van der Waals surface area (Å²) in [5.41, 5.74) is 0.560. The molecule has 1 aromatic heterocycles. The molecule has 0 aliphatic rings. The molecule has 0 aliphatic carbocycles. The Bertz CT molecular complexity index is 257. The number of pyridine rings is 1. The molecule has 3 heteroatoms. The van der Waals surface area contributed by atoms with Gasteiger partial charge in [0.05, 0.1) is 0 Å². The van der Waals surface area contributed by atoms with Crippen LogP contribution < -0.4 is 0 Å². The number of ketones is 1. The van der Waals surface area contributed by atoms with Crippen molar-refractivity contribution < 1.29 is 9.59 Å². The topological polar surface area (TPSA) is 47.0 Å². The van der Waals surface area contributed by atoms with E-state index < -0.39 is 0 Å². The Morgan fingerprint density at radius 3 is 2.54 bits per heavy atom. The fourth-order valence-electron chi connectivity index (χ4n) is 0.709. The molecule has 0 radical (unpaired) electrons. The molecular weight excluding hydrogens is 166 g/mol. The van der Waals surface area contributed by atoms with Crippen molar-refractivity contribution in [3.05, 3.63) is 30.1 Å². The van der Waals surface area contributed by atoms with Crippen LogP contribution in [0.4, 0.5) is 0 Å². The molecule has 3 nitrogen and oxygen atoms in total. The lowest BCUT2D eigenvalue weighted by Gasteiger charge is -1.92. The van der Waals surface area contributed by atoms with Gasteiger partial charge in [0, 0.05) is 12.6 Å². The predicted octanol–water partition coefficient (Wildman–Crippen LogP) is 1.88. The van der Waals surface area contributed by atoms with Crippen LogP contribution in [0, 0.1) is 0 Å². The molecule has 0 unspecified atom stereocenters. The quantitative estimate of drug-likeness (QED) is 0.514. The molecule has 0 aliphatic heterocycles. The Kier molecular flexibility index (Phi) is 6.32. The molecule has 1 heterocycles. The van der Waals surface area contributed by atoms with Gasteiger partial charge < -0.3 is 4.79 Å². The molecule has 0 aromatic carbocycles. The number of hydrogen-bond donors (Lipinski definition) is 0. The fraction of sp³-hybridized carbons (Fsp3) is 0.300. The second-order valence-electron chi connectivity index (χ2n) is 2.23. The van der Waals surface area contributed by atoms with Gasteiger partial charge in [-0.25, -0.2) is 0 Å². The standard InChI is InChI=1S/C8H9NO.C2H4O/c1-2-8(10)7-5-3-4-6-9-7;1-2-3/h3-6H,2H2,1H3;2H,1H3. The first-order valence-electron chi connectivity index (χ1n) is 4.10. The van der Waals surface area contributed by atoms with E-state index in [1.807, 2.05) is 13.0 Å². The smallest absolute Gasteiger partial charge is 0.180 e. The van der Waals surface area contributed by atoms with E-state index in [9.17, 15) is 4.79 Å². The maximum absolute atomic E-state index is 11.0. The van der Waals surface area contributed by atoms with Crippen molar-refractivity contribution in [2.75, 3.05) is 0 Å². The monoisotopic (exact) mass is 179 g/mol. The van der Waals surface area contributed by atoms with E-state index in [0.717, 1.165) is 6.29 Å². The van der Waals surface area contributed by atoms with Crippen LogP contribution in [-0.4, -0.2) is 17.1 Å². The number of rotatable bonds is 2. The van der Waals surface area contributed by atoms with Crippen molar-refractivity contribution in [1.82, 2.24) is 4.98 Å². The van der Waals surface area contributed by atoms with E-state index in [0.29, 0.717) is 12.1 Å². The van der Waals surface area contributed by atoms with Gasteiger partial charge >= 0.3 is 0 Å². The van der Waals surface area contributed by atoms with Crippen LogP contribution in [0.5, 0.6) is 0 Å². The Morgan fingerprint density at radius 1 is 1.54 bits per heavy atom. The van der Waals surface area contributed by atoms with Crippen LogP contribution in [0.25, 0.3) is 0 Å². The molecule has 0 saturated carbocycles. The van der Waals surface area contributed by atoms with Crippen molar-refractivity contribution in [1.29, 1.82) is 0 Å². The molecule has 0 amide bonds. The maximum atomic E-state index is 11.0. The van der Waals surface area contributed by atoms with Crippen LogP contribution in [-0.2, 0) is 4.79 Å². The molecule has 70 valence electrons. The van der Waals surface area contributed by atoms with Gasteiger partial charge in [-0.3, -0.25) is 9.78 Å². The molecule has 1 rings (SSSR count). The molecule has 0 bridgehead atoms. The highest BCUT2D eigenvalue weighted by molar-refractivity contribution is 5.93. The van der Waals surface area contributed by atoms with Crippen LogP contribution in [0.3, 0.4) is 0 Å². The molecular formula is C10H13NO2. The van der Waals surface area contributed by atoms with Gasteiger partial charge in [-0.05, 0) is 19.1 Å². The van der Waals surface area contributed by atoms with E-state index in [1.54, 1.807) is 18.3 Å². The van der Waals surface area contributed by atoms with Crippen molar-refractivity contribution in [2.24, 2.45) is 0 Å². The lowest BCUT2D eigenvalue weighted by molar-refractivity contribution is -0.106.